The van der Waals surface area contributed by atoms with Gasteiger partial charge in [0, 0.05) is 4.47 Å². The van der Waals surface area contributed by atoms with Gasteiger partial charge in [-0.05, 0) is 23.8 Å². The van der Waals surface area contributed by atoms with Crippen molar-refractivity contribution >= 4 is 22.0 Å². The fraction of sp³-hybridized carbons (Fsp3) is 0.364. The van der Waals surface area contributed by atoms with Crippen LogP contribution in [0, 0.1) is 0 Å². The molecule has 0 aromatic heterocycles. The number of cyclic esters (lactones) is 1. The maximum absolute atomic E-state index is 13.7. The maximum Gasteiger partial charge on any atom is 0.416 e. The molecular formula is C11H7BrF5NO2. The average Bonchev–Trinajstić information content (AvgIpc) is 2.30. The zero-order chi connectivity index (χ0) is 15.1. The van der Waals surface area contributed by atoms with Crippen LogP contribution in [0.1, 0.15) is 17.2 Å². The van der Waals surface area contributed by atoms with Gasteiger partial charge in [0.25, 0.3) is 0 Å². The summed E-state index contributed by atoms with van der Waals surface area (Å²) in [6.45, 7) is -1.18. The molecule has 0 unspecified atom stereocenters. The first kappa shape index (κ1) is 15.0. The molecule has 0 saturated carbocycles. The first-order chi connectivity index (χ1) is 9.09. The van der Waals surface area contributed by atoms with Crippen LogP contribution in [-0.4, -0.2) is 18.6 Å². The van der Waals surface area contributed by atoms with Crippen molar-refractivity contribution in [1.82, 2.24) is 5.32 Å². The molecule has 0 radical (unpaired) electrons. The largest absolute Gasteiger partial charge is 0.443 e. The standard InChI is InChI=1S/C11H7BrF5NO2/c12-7-2-5(1-6(3-7)11(15,16)17)8-10(13,14)4-20-9(19)18-8/h1-3,8H,4H2,(H,18,19)/t8-/m0/s1. The van der Waals surface area contributed by atoms with Crippen molar-refractivity contribution < 1.29 is 31.5 Å². The van der Waals surface area contributed by atoms with Gasteiger partial charge in [-0.2, -0.15) is 13.2 Å². The summed E-state index contributed by atoms with van der Waals surface area (Å²) >= 11 is 2.84. The van der Waals surface area contributed by atoms with Gasteiger partial charge in [-0.15, -0.1) is 0 Å². The van der Waals surface area contributed by atoms with E-state index >= 15 is 0 Å². The number of hydrogen-bond donors (Lipinski definition) is 1. The van der Waals surface area contributed by atoms with Crippen molar-refractivity contribution in [3.8, 4) is 0 Å². The number of amides is 1. The van der Waals surface area contributed by atoms with Gasteiger partial charge in [0.2, 0.25) is 0 Å². The van der Waals surface area contributed by atoms with Crippen molar-refractivity contribution in [1.29, 1.82) is 0 Å². The molecule has 1 aromatic rings. The van der Waals surface area contributed by atoms with Crippen molar-refractivity contribution in [2.24, 2.45) is 0 Å². The Morgan fingerprint density at radius 3 is 2.55 bits per heavy atom. The Morgan fingerprint density at radius 1 is 1.30 bits per heavy atom. The normalized spacial score (nSPS) is 22.1. The second-order valence-corrected chi connectivity index (χ2v) is 5.10. The molecule has 2 rings (SSSR count). The van der Waals surface area contributed by atoms with E-state index in [1.165, 1.54) is 0 Å². The van der Waals surface area contributed by atoms with Gasteiger partial charge >= 0.3 is 18.2 Å². The Balaban J connectivity index is 2.46. The van der Waals surface area contributed by atoms with Crippen LogP contribution in [0.4, 0.5) is 26.7 Å². The van der Waals surface area contributed by atoms with Crippen LogP contribution in [0.25, 0.3) is 0 Å². The minimum Gasteiger partial charge on any atom is -0.443 e. The third-order valence-corrected chi connectivity index (χ3v) is 3.12. The molecule has 1 heterocycles. The topological polar surface area (TPSA) is 38.3 Å². The van der Waals surface area contributed by atoms with Gasteiger partial charge in [-0.25, -0.2) is 13.6 Å². The summed E-state index contributed by atoms with van der Waals surface area (Å²) in [7, 11) is 0. The molecule has 1 saturated heterocycles. The molecule has 1 amide bonds. The van der Waals surface area contributed by atoms with Crippen molar-refractivity contribution in [3.63, 3.8) is 0 Å². The maximum atomic E-state index is 13.7. The third-order valence-electron chi connectivity index (χ3n) is 2.66. The summed E-state index contributed by atoms with van der Waals surface area (Å²) in [4.78, 5) is 11.0. The molecule has 3 nitrogen and oxygen atoms in total. The number of alkyl carbamates (subject to hydrolysis) is 1. The predicted octanol–water partition coefficient (Wildman–Crippen LogP) is 3.88. The van der Waals surface area contributed by atoms with E-state index in [9.17, 15) is 26.7 Å². The predicted molar refractivity (Wildman–Crippen MR) is 61.3 cm³/mol. The molecular weight excluding hydrogens is 353 g/mol. The van der Waals surface area contributed by atoms with Crippen LogP contribution in [0.5, 0.6) is 0 Å². The molecule has 1 atom stereocenters. The third kappa shape index (κ3) is 3.02. The number of ether oxygens (including phenoxy) is 1. The number of halogens is 6. The minimum atomic E-state index is -4.68. The fourth-order valence-electron chi connectivity index (χ4n) is 1.78. The number of nitrogens with one attached hydrogen (secondary N) is 1. The molecule has 1 aliphatic rings. The van der Waals surface area contributed by atoms with Crippen molar-refractivity contribution in [2.75, 3.05) is 6.61 Å². The quantitative estimate of drug-likeness (QED) is 0.772. The van der Waals surface area contributed by atoms with Crippen LogP contribution in [0.15, 0.2) is 22.7 Å². The molecule has 1 aliphatic heterocycles. The highest BCUT2D eigenvalue weighted by atomic mass is 79.9. The lowest BCUT2D eigenvalue weighted by molar-refractivity contribution is -0.138. The minimum absolute atomic E-state index is 0.0149. The fourth-order valence-corrected chi connectivity index (χ4v) is 2.29. The van der Waals surface area contributed by atoms with Gasteiger partial charge in [-0.3, -0.25) is 0 Å². The molecule has 1 fully saturated rings. The van der Waals surface area contributed by atoms with E-state index in [1.807, 2.05) is 5.32 Å². The number of rotatable bonds is 1. The zero-order valence-corrected chi connectivity index (χ0v) is 11.2. The van der Waals surface area contributed by atoms with Crippen molar-refractivity contribution in [3.05, 3.63) is 33.8 Å². The number of hydrogen-bond acceptors (Lipinski definition) is 2. The lowest BCUT2D eigenvalue weighted by atomic mass is 9.98. The van der Waals surface area contributed by atoms with E-state index < -0.39 is 36.4 Å². The van der Waals surface area contributed by atoms with E-state index in [0.29, 0.717) is 6.07 Å². The van der Waals surface area contributed by atoms with Crippen LogP contribution in [-0.2, 0) is 10.9 Å². The molecule has 1 N–H and O–H groups in total. The van der Waals surface area contributed by atoms with Gasteiger partial charge in [0.05, 0.1) is 5.56 Å². The summed E-state index contributed by atoms with van der Waals surface area (Å²) in [6, 6.07) is 0.569. The van der Waals surface area contributed by atoms with Crippen molar-refractivity contribution in [2.45, 2.75) is 18.1 Å². The Morgan fingerprint density at radius 2 is 1.95 bits per heavy atom. The van der Waals surface area contributed by atoms with Crippen LogP contribution in [0.3, 0.4) is 0 Å². The SMILES string of the molecule is O=C1N[C@@H](c2cc(Br)cc(C(F)(F)F)c2)C(F)(F)CO1. The van der Waals surface area contributed by atoms with Gasteiger partial charge < -0.3 is 10.1 Å². The van der Waals surface area contributed by atoms with E-state index in [-0.39, 0.29) is 10.0 Å². The molecule has 1 aromatic carbocycles. The lowest BCUT2D eigenvalue weighted by Gasteiger charge is -2.32. The first-order valence-electron chi connectivity index (χ1n) is 5.28. The first-order valence-corrected chi connectivity index (χ1v) is 6.08. The van der Waals surface area contributed by atoms with Crippen LogP contribution in [0.2, 0.25) is 0 Å². The van der Waals surface area contributed by atoms with Gasteiger partial charge in [0.15, 0.2) is 6.61 Å². The summed E-state index contributed by atoms with van der Waals surface area (Å²) in [5.74, 6) is -3.50. The summed E-state index contributed by atoms with van der Waals surface area (Å²) < 4.78 is 69.4. The monoisotopic (exact) mass is 359 g/mol. The number of carbonyl (C=O) groups excluding carboxylic acids is 1. The molecule has 9 heteroatoms. The average molecular weight is 360 g/mol. The Kier molecular flexibility index (Phi) is 3.66. The summed E-state index contributed by atoms with van der Waals surface area (Å²) in [5.41, 5.74) is -1.44. The second kappa shape index (κ2) is 4.87. The Bertz CT molecular complexity index is 546. The molecule has 0 spiro atoms. The lowest BCUT2D eigenvalue weighted by Crippen LogP contribution is -2.49. The van der Waals surface area contributed by atoms with Crippen LogP contribution < -0.4 is 5.32 Å². The molecule has 0 bridgehead atoms. The number of alkyl halides is 5. The van der Waals surface area contributed by atoms with E-state index in [2.05, 4.69) is 20.7 Å². The smallest absolute Gasteiger partial charge is 0.416 e. The van der Waals surface area contributed by atoms with E-state index in [4.69, 9.17) is 0 Å². The highest BCUT2D eigenvalue weighted by Gasteiger charge is 2.47. The highest BCUT2D eigenvalue weighted by Crippen LogP contribution is 2.38. The number of benzene rings is 1. The molecule has 20 heavy (non-hydrogen) atoms. The van der Waals surface area contributed by atoms with Crippen LogP contribution >= 0.6 is 15.9 Å². The Labute approximate surface area is 118 Å². The van der Waals surface area contributed by atoms with Gasteiger partial charge in [0.1, 0.15) is 6.04 Å². The van der Waals surface area contributed by atoms with E-state index in [0.717, 1.165) is 12.1 Å². The number of carbonyl (C=O) groups is 1. The summed E-state index contributed by atoms with van der Waals surface area (Å²) in [6.07, 6.45) is -5.78. The zero-order valence-electron chi connectivity index (χ0n) is 9.60. The molecule has 0 aliphatic carbocycles. The summed E-state index contributed by atoms with van der Waals surface area (Å²) in [5, 5.41) is 1.83. The second-order valence-electron chi connectivity index (χ2n) is 4.19. The Hall–Kier alpha value is -1.38. The molecule has 110 valence electrons. The van der Waals surface area contributed by atoms with Gasteiger partial charge in [-0.1, -0.05) is 15.9 Å². The van der Waals surface area contributed by atoms with E-state index in [1.54, 1.807) is 0 Å². The highest BCUT2D eigenvalue weighted by molar-refractivity contribution is 9.10.